The number of aromatic nitrogens is 2. The Morgan fingerprint density at radius 2 is 1.97 bits per heavy atom. The van der Waals surface area contributed by atoms with Crippen molar-refractivity contribution in [3.05, 3.63) is 89.6 Å². The fourth-order valence-electron chi connectivity index (χ4n) is 4.69. The molecule has 0 saturated heterocycles. The van der Waals surface area contributed by atoms with E-state index in [9.17, 15) is 4.79 Å². The van der Waals surface area contributed by atoms with Gasteiger partial charge in [-0.2, -0.15) is 0 Å². The quantitative estimate of drug-likeness (QED) is 0.361. The molecule has 0 fully saturated rings. The minimum atomic E-state index is -0.0245. The van der Waals surface area contributed by atoms with Crippen molar-refractivity contribution in [2.75, 3.05) is 7.11 Å². The molecule has 5 nitrogen and oxygen atoms in total. The maximum atomic E-state index is 13.1. The first-order valence-corrected chi connectivity index (χ1v) is 12.0. The number of aryl methyl sites for hydroxylation is 1. The van der Waals surface area contributed by atoms with Gasteiger partial charge in [0, 0.05) is 17.3 Å². The molecule has 164 valence electrons. The van der Waals surface area contributed by atoms with Crippen LogP contribution in [-0.2, 0) is 6.42 Å². The lowest BCUT2D eigenvalue weighted by Crippen LogP contribution is -2.30. The van der Waals surface area contributed by atoms with Crippen molar-refractivity contribution in [2.24, 2.45) is 0 Å². The first-order valence-electron chi connectivity index (χ1n) is 11.1. The molecule has 0 saturated carbocycles. The molecular formula is C27H23N3O2S. The largest absolute Gasteiger partial charge is 0.497 e. The lowest BCUT2D eigenvalue weighted by Gasteiger charge is -2.26. The molecule has 1 aliphatic rings. The highest BCUT2D eigenvalue weighted by Crippen LogP contribution is 2.32. The number of benzene rings is 3. The van der Waals surface area contributed by atoms with Crippen LogP contribution in [0.1, 0.15) is 40.4 Å². The van der Waals surface area contributed by atoms with E-state index in [4.69, 9.17) is 9.72 Å². The summed E-state index contributed by atoms with van der Waals surface area (Å²) in [5.41, 5.74) is 6.30. The SMILES string of the molecule is COc1ccc(-c2cn3c(n2)sc2cc(C(=O)NC4CCCc5ccccc54)ccc23)cc1. The number of imidazole rings is 1. The average Bonchev–Trinajstić information content (AvgIpc) is 3.42. The Bertz CT molecular complexity index is 1480. The van der Waals surface area contributed by atoms with Crippen LogP contribution in [0, 0.1) is 0 Å². The maximum absolute atomic E-state index is 13.1. The molecule has 1 N–H and O–H groups in total. The van der Waals surface area contributed by atoms with E-state index < -0.39 is 0 Å². The van der Waals surface area contributed by atoms with E-state index >= 15 is 0 Å². The number of rotatable bonds is 4. The van der Waals surface area contributed by atoms with Crippen LogP contribution in [0.3, 0.4) is 0 Å². The van der Waals surface area contributed by atoms with Crippen LogP contribution in [0.2, 0.25) is 0 Å². The molecule has 1 unspecified atom stereocenters. The molecule has 5 aromatic rings. The average molecular weight is 454 g/mol. The molecule has 0 spiro atoms. The zero-order valence-electron chi connectivity index (χ0n) is 18.2. The molecule has 1 atom stereocenters. The van der Waals surface area contributed by atoms with Crippen LogP contribution in [0.5, 0.6) is 5.75 Å². The summed E-state index contributed by atoms with van der Waals surface area (Å²) in [6.07, 6.45) is 5.21. The van der Waals surface area contributed by atoms with Crippen molar-refractivity contribution < 1.29 is 9.53 Å². The van der Waals surface area contributed by atoms with Gasteiger partial charge < -0.3 is 10.1 Å². The highest BCUT2D eigenvalue weighted by atomic mass is 32.1. The second kappa shape index (κ2) is 8.05. The number of amides is 1. The minimum Gasteiger partial charge on any atom is -0.497 e. The third kappa shape index (κ3) is 3.56. The summed E-state index contributed by atoms with van der Waals surface area (Å²) in [7, 11) is 1.66. The normalized spacial score (nSPS) is 15.5. The van der Waals surface area contributed by atoms with E-state index in [-0.39, 0.29) is 11.9 Å². The summed E-state index contributed by atoms with van der Waals surface area (Å²) in [5, 5.41) is 3.26. The third-order valence-corrected chi connectivity index (χ3v) is 7.43. The smallest absolute Gasteiger partial charge is 0.251 e. The number of methoxy groups -OCH3 is 1. The standard InChI is InChI=1S/C27H23N3O2S/c1-32-20-12-9-18(10-13-20)23-16-30-24-14-11-19(15-25(24)33-27(30)29-23)26(31)28-22-8-4-6-17-5-2-3-7-21(17)22/h2-3,5,7,9-16,22H,4,6,8H2,1H3,(H,28,31). The minimum absolute atomic E-state index is 0.0245. The molecule has 3 aromatic carbocycles. The summed E-state index contributed by atoms with van der Waals surface area (Å²) >= 11 is 1.60. The molecule has 0 bridgehead atoms. The Balaban J connectivity index is 1.28. The number of hydrogen-bond acceptors (Lipinski definition) is 4. The van der Waals surface area contributed by atoms with Gasteiger partial charge in [0.05, 0.1) is 29.1 Å². The Hall–Kier alpha value is -3.64. The Morgan fingerprint density at radius 3 is 2.82 bits per heavy atom. The van der Waals surface area contributed by atoms with Crippen LogP contribution < -0.4 is 10.1 Å². The van der Waals surface area contributed by atoms with Crippen molar-refractivity contribution in [3.63, 3.8) is 0 Å². The first-order chi connectivity index (χ1) is 16.2. The number of ether oxygens (including phenoxy) is 1. The molecule has 0 aliphatic heterocycles. The summed E-state index contributed by atoms with van der Waals surface area (Å²) in [6, 6.07) is 22.3. The molecule has 33 heavy (non-hydrogen) atoms. The number of nitrogens with one attached hydrogen (secondary N) is 1. The van der Waals surface area contributed by atoms with Gasteiger partial charge in [0.25, 0.3) is 5.91 Å². The monoisotopic (exact) mass is 453 g/mol. The molecular weight excluding hydrogens is 430 g/mol. The van der Waals surface area contributed by atoms with E-state index in [1.165, 1.54) is 11.1 Å². The third-order valence-electron chi connectivity index (χ3n) is 6.42. The van der Waals surface area contributed by atoms with Gasteiger partial charge in [-0.15, -0.1) is 0 Å². The number of hydrogen-bond donors (Lipinski definition) is 1. The topological polar surface area (TPSA) is 55.6 Å². The fourth-order valence-corrected chi connectivity index (χ4v) is 5.74. The van der Waals surface area contributed by atoms with E-state index in [1.54, 1.807) is 18.4 Å². The van der Waals surface area contributed by atoms with Gasteiger partial charge in [0.1, 0.15) is 5.75 Å². The highest BCUT2D eigenvalue weighted by Gasteiger charge is 2.22. The van der Waals surface area contributed by atoms with Gasteiger partial charge in [-0.1, -0.05) is 35.6 Å². The fraction of sp³-hybridized carbons (Fsp3) is 0.185. The number of carbonyl (C=O) groups is 1. The molecule has 0 radical (unpaired) electrons. The second-order valence-electron chi connectivity index (χ2n) is 8.41. The Morgan fingerprint density at radius 1 is 1.12 bits per heavy atom. The van der Waals surface area contributed by atoms with E-state index in [0.29, 0.717) is 5.56 Å². The summed E-state index contributed by atoms with van der Waals surface area (Å²) in [4.78, 5) is 18.8. The van der Waals surface area contributed by atoms with Gasteiger partial charge in [-0.05, 0) is 72.9 Å². The maximum Gasteiger partial charge on any atom is 0.251 e. The molecule has 1 aliphatic carbocycles. The first kappa shape index (κ1) is 20.0. The Kier molecular flexibility index (Phi) is 4.88. The zero-order chi connectivity index (χ0) is 22.4. The van der Waals surface area contributed by atoms with Crippen molar-refractivity contribution in [3.8, 4) is 17.0 Å². The van der Waals surface area contributed by atoms with Crippen LogP contribution in [0.15, 0.2) is 72.9 Å². The molecule has 6 rings (SSSR count). The van der Waals surface area contributed by atoms with Crippen molar-refractivity contribution >= 4 is 32.4 Å². The van der Waals surface area contributed by atoms with Crippen molar-refractivity contribution in [1.29, 1.82) is 0 Å². The van der Waals surface area contributed by atoms with Crippen molar-refractivity contribution in [1.82, 2.24) is 14.7 Å². The number of fused-ring (bicyclic) bond motifs is 4. The number of nitrogens with zero attached hydrogens (tertiary/aromatic N) is 2. The predicted octanol–water partition coefficient (Wildman–Crippen LogP) is 6.03. The second-order valence-corrected chi connectivity index (χ2v) is 9.42. The van der Waals surface area contributed by atoms with Gasteiger partial charge >= 0.3 is 0 Å². The predicted molar refractivity (Wildman–Crippen MR) is 132 cm³/mol. The van der Waals surface area contributed by atoms with Gasteiger partial charge in [-0.3, -0.25) is 9.20 Å². The van der Waals surface area contributed by atoms with Gasteiger partial charge in [0.15, 0.2) is 4.96 Å². The van der Waals surface area contributed by atoms with Crippen LogP contribution >= 0.6 is 11.3 Å². The molecule has 6 heteroatoms. The van der Waals surface area contributed by atoms with Crippen LogP contribution in [-0.4, -0.2) is 22.4 Å². The molecule has 1 amide bonds. The lowest BCUT2D eigenvalue weighted by molar-refractivity contribution is 0.0933. The summed E-state index contributed by atoms with van der Waals surface area (Å²) in [5.74, 6) is 0.802. The number of carbonyl (C=O) groups excluding carboxylic acids is 1. The highest BCUT2D eigenvalue weighted by molar-refractivity contribution is 7.23. The Labute approximate surface area is 195 Å². The summed E-state index contributed by atoms with van der Waals surface area (Å²) < 4.78 is 8.39. The lowest BCUT2D eigenvalue weighted by atomic mass is 9.87. The number of thiazole rings is 1. The van der Waals surface area contributed by atoms with Crippen molar-refractivity contribution in [2.45, 2.75) is 25.3 Å². The van der Waals surface area contributed by atoms with E-state index in [2.05, 4.69) is 40.2 Å². The van der Waals surface area contributed by atoms with E-state index in [0.717, 1.165) is 51.4 Å². The van der Waals surface area contributed by atoms with Crippen LogP contribution in [0.25, 0.3) is 26.4 Å². The van der Waals surface area contributed by atoms with Gasteiger partial charge in [-0.25, -0.2) is 4.98 Å². The molecule has 2 heterocycles. The van der Waals surface area contributed by atoms with E-state index in [1.807, 2.05) is 42.5 Å². The summed E-state index contributed by atoms with van der Waals surface area (Å²) in [6.45, 7) is 0. The molecule has 2 aromatic heterocycles. The zero-order valence-corrected chi connectivity index (χ0v) is 19.1. The van der Waals surface area contributed by atoms with Gasteiger partial charge in [0.2, 0.25) is 0 Å². The van der Waals surface area contributed by atoms with Crippen LogP contribution in [0.4, 0.5) is 0 Å².